The van der Waals surface area contributed by atoms with Crippen molar-refractivity contribution in [1.29, 1.82) is 0 Å². The molecule has 0 N–H and O–H groups in total. The molecule has 0 saturated carbocycles. The summed E-state index contributed by atoms with van der Waals surface area (Å²) in [4.78, 5) is 29.1. The molecule has 1 atom stereocenters. The highest BCUT2D eigenvalue weighted by Crippen LogP contribution is 2.40. The lowest BCUT2D eigenvalue weighted by molar-refractivity contribution is -0.305. The minimum Gasteiger partial charge on any atom is -0.550 e. The van der Waals surface area contributed by atoms with Gasteiger partial charge < -0.3 is 9.90 Å². The van der Waals surface area contributed by atoms with Gasteiger partial charge in [-0.1, -0.05) is 74.3 Å². The van der Waals surface area contributed by atoms with Crippen molar-refractivity contribution in [2.75, 3.05) is 0 Å². The molecule has 1 aliphatic rings. The Labute approximate surface area is 231 Å². The molecule has 0 aliphatic carbocycles. The number of hydrazone groups is 1. The third-order valence-electron chi connectivity index (χ3n) is 6.44. The summed E-state index contributed by atoms with van der Waals surface area (Å²) in [6, 6.07) is 23.5. The van der Waals surface area contributed by atoms with Crippen LogP contribution in [0.4, 0.5) is 0 Å². The van der Waals surface area contributed by atoms with Gasteiger partial charge in [0, 0.05) is 50.0 Å². The summed E-state index contributed by atoms with van der Waals surface area (Å²) in [5.74, 6) is -1.62. The predicted octanol–water partition coefficient (Wildman–Crippen LogP) is 5.94. The lowest BCUT2D eigenvalue weighted by atomic mass is 9.89. The average molecular weight is 620 g/mol. The molecular formula is C29H22Br2N3O3-. The van der Waals surface area contributed by atoms with E-state index >= 15 is 0 Å². The van der Waals surface area contributed by atoms with Crippen molar-refractivity contribution in [1.82, 2.24) is 9.99 Å². The van der Waals surface area contributed by atoms with E-state index < -0.39 is 5.97 Å². The van der Waals surface area contributed by atoms with Crippen LogP contribution in [0, 0.1) is 6.92 Å². The van der Waals surface area contributed by atoms with Crippen LogP contribution >= 0.6 is 31.9 Å². The maximum Gasteiger partial charge on any atom is 0.243 e. The van der Waals surface area contributed by atoms with Crippen LogP contribution in [0.3, 0.4) is 0 Å². The minimum absolute atomic E-state index is 0.181. The topological polar surface area (TPSA) is 85.7 Å². The van der Waals surface area contributed by atoms with Crippen LogP contribution in [0.25, 0.3) is 22.0 Å². The maximum absolute atomic E-state index is 13.2. The molecule has 1 aliphatic heterocycles. The lowest BCUT2D eigenvalue weighted by Crippen LogP contribution is -2.29. The molecule has 0 fully saturated rings. The second-order valence-electron chi connectivity index (χ2n) is 8.90. The summed E-state index contributed by atoms with van der Waals surface area (Å²) >= 11 is 7.07. The highest BCUT2D eigenvalue weighted by molar-refractivity contribution is 9.10. The van der Waals surface area contributed by atoms with Crippen LogP contribution in [0.2, 0.25) is 0 Å². The zero-order valence-corrected chi connectivity index (χ0v) is 23.1. The predicted molar refractivity (Wildman–Crippen MR) is 149 cm³/mol. The fraction of sp³-hybridized carbons (Fsp3) is 0.172. The van der Waals surface area contributed by atoms with Gasteiger partial charge in [0.2, 0.25) is 5.91 Å². The number of nitrogens with zero attached hydrogens (tertiary/aromatic N) is 3. The summed E-state index contributed by atoms with van der Waals surface area (Å²) in [5.41, 5.74) is 6.24. The summed E-state index contributed by atoms with van der Waals surface area (Å²) < 4.78 is 1.87. The molecule has 0 bridgehead atoms. The second kappa shape index (κ2) is 10.6. The molecule has 2 heterocycles. The first-order valence-electron chi connectivity index (χ1n) is 11.8. The third-order valence-corrected chi connectivity index (χ3v) is 7.46. The summed E-state index contributed by atoms with van der Waals surface area (Å²) in [7, 11) is 0. The van der Waals surface area contributed by atoms with E-state index in [4.69, 9.17) is 10.1 Å². The van der Waals surface area contributed by atoms with Gasteiger partial charge >= 0.3 is 0 Å². The van der Waals surface area contributed by atoms with Gasteiger partial charge in [-0.15, -0.1) is 0 Å². The number of fused-ring (bicyclic) bond motifs is 1. The van der Waals surface area contributed by atoms with Gasteiger partial charge in [0.1, 0.15) is 0 Å². The number of aliphatic carboxylic acids is 1. The van der Waals surface area contributed by atoms with Gasteiger partial charge in [0.25, 0.3) is 0 Å². The van der Waals surface area contributed by atoms with Crippen LogP contribution in [0.5, 0.6) is 0 Å². The number of carboxylic acid groups (broad SMARTS) is 1. The molecule has 0 radical (unpaired) electrons. The first-order valence-corrected chi connectivity index (χ1v) is 13.4. The molecule has 6 nitrogen and oxygen atoms in total. The van der Waals surface area contributed by atoms with Gasteiger partial charge in [-0.25, -0.2) is 5.01 Å². The van der Waals surface area contributed by atoms with E-state index in [1.54, 1.807) is 0 Å². The Kier molecular flexibility index (Phi) is 7.22. The zero-order chi connectivity index (χ0) is 26.1. The third kappa shape index (κ3) is 5.22. The molecule has 1 aromatic heterocycles. The molecular weight excluding hydrogens is 598 g/mol. The zero-order valence-electron chi connectivity index (χ0n) is 19.9. The second-order valence-corrected chi connectivity index (χ2v) is 10.7. The van der Waals surface area contributed by atoms with Crippen LogP contribution < -0.4 is 5.11 Å². The fourth-order valence-corrected chi connectivity index (χ4v) is 5.40. The quantitative estimate of drug-likeness (QED) is 0.267. The molecule has 0 unspecified atom stereocenters. The number of carbonyl (C=O) groups is 2. The highest BCUT2D eigenvalue weighted by atomic mass is 79.9. The van der Waals surface area contributed by atoms with E-state index in [0.29, 0.717) is 6.42 Å². The first-order chi connectivity index (χ1) is 17.8. The Bertz CT molecular complexity index is 1540. The van der Waals surface area contributed by atoms with Crippen molar-refractivity contribution in [3.8, 4) is 11.1 Å². The van der Waals surface area contributed by atoms with E-state index in [9.17, 15) is 14.7 Å². The summed E-state index contributed by atoms with van der Waals surface area (Å²) in [6.07, 6.45) is -0.0623. The van der Waals surface area contributed by atoms with E-state index in [1.165, 1.54) is 5.01 Å². The van der Waals surface area contributed by atoms with Gasteiger partial charge in [-0.3, -0.25) is 9.78 Å². The van der Waals surface area contributed by atoms with E-state index in [-0.39, 0.29) is 24.8 Å². The molecule has 3 aromatic carbocycles. The molecule has 5 rings (SSSR count). The van der Waals surface area contributed by atoms with Gasteiger partial charge in [-0.2, -0.15) is 5.10 Å². The number of aromatic nitrogens is 1. The number of carboxylic acids is 1. The molecule has 37 heavy (non-hydrogen) atoms. The van der Waals surface area contributed by atoms with E-state index in [0.717, 1.165) is 53.5 Å². The fourth-order valence-electron chi connectivity index (χ4n) is 4.78. The lowest BCUT2D eigenvalue weighted by Gasteiger charge is -2.22. The van der Waals surface area contributed by atoms with Crippen molar-refractivity contribution < 1.29 is 14.7 Å². The molecule has 8 heteroatoms. The number of benzene rings is 3. The van der Waals surface area contributed by atoms with Gasteiger partial charge in [0.15, 0.2) is 0 Å². The Hall–Kier alpha value is -3.36. The molecule has 4 aromatic rings. The average Bonchev–Trinajstić information content (AvgIpc) is 3.32. The number of carbonyl (C=O) groups excluding carboxylic acids is 2. The van der Waals surface area contributed by atoms with Crippen LogP contribution in [0.1, 0.15) is 42.1 Å². The minimum atomic E-state index is -1.26. The van der Waals surface area contributed by atoms with Crippen molar-refractivity contribution in [3.63, 3.8) is 0 Å². The van der Waals surface area contributed by atoms with Gasteiger partial charge in [-0.05, 0) is 54.8 Å². The number of hydrogen-bond donors (Lipinski definition) is 0. The number of hydrogen-bond acceptors (Lipinski definition) is 5. The maximum atomic E-state index is 13.2. The monoisotopic (exact) mass is 618 g/mol. The normalized spacial score (nSPS) is 15.2. The number of pyridine rings is 1. The Morgan fingerprint density at radius 1 is 0.946 bits per heavy atom. The summed E-state index contributed by atoms with van der Waals surface area (Å²) in [5, 5.41) is 18.3. The highest BCUT2D eigenvalue weighted by Gasteiger charge is 2.35. The van der Waals surface area contributed by atoms with Crippen LogP contribution in [-0.2, 0) is 9.59 Å². The van der Waals surface area contributed by atoms with Gasteiger partial charge in [0.05, 0.1) is 17.3 Å². The van der Waals surface area contributed by atoms with Crippen molar-refractivity contribution in [3.05, 3.63) is 98.6 Å². The first kappa shape index (κ1) is 25.3. The standard InChI is InChI=1S/C29H23Br2N3O3/c1-17-28(29(19-5-3-2-4-6-19)22-15-21(31)11-12-23(22)32-17)24-16-25(18-7-9-20(30)10-8-18)34(33-24)26(35)13-14-27(36)37/h2-12,15,25H,13-14,16H2,1H3,(H,36,37)/p-1/t25-/m0/s1. The van der Waals surface area contributed by atoms with Crippen LogP contribution in [-0.4, -0.2) is 27.6 Å². The largest absolute Gasteiger partial charge is 0.550 e. The molecule has 0 spiro atoms. The van der Waals surface area contributed by atoms with E-state index in [1.807, 2.05) is 61.5 Å². The summed E-state index contributed by atoms with van der Waals surface area (Å²) in [6.45, 7) is 1.96. The van der Waals surface area contributed by atoms with Crippen molar-refractivity contribution in [2.45, 2.75) is 32.2 Å². The Morgan fingerprint density at radius 2 is 1.65 bits per heavy atom. The SMILES string of the molecule is Cc1nc2ccc(Br)cc2c(-c2ccccc2)c1C1=NN(C(=O)CCC(=O)[O-])[C@H](c2ccc(Br)cc2)C1. The Morgan fingerprint density at radius 3 is 2.35 bits per heavy atom. The molecule has 186 valence electrons. The molecule has 1 amide bonds. The number of aryl methyl sites for hydroxylation is 1. The smallest absolute Gasteiger partial charge is 0.243 e. The number of rotatable bonds is 6. The Balaban J connectivity index is 1.69. The number of amides is 1. The van der Waals surface area contributed by atoms with Crippen molar-refractivity contribution in [2.24, 2.45) is 5.10 Å². The number of halogens is 2. The van der Waals surface area contributed by atoms with E-state index in [2.05, 4.69) is 50.1 Å². The molecule has 0 saturated heterocycles. The van der Waals surface area contributed by atoms with Crippen molar-refractivity contribution >= 4 is 60.4 Å². The van der Waals surface area contributed by atoms with Crippen LogP contribution in [0.15, 0.2) is 86.8 Å².